The lowest BCUT2D eigenvalue weighted by atomic mass is 10.2. The second-order valence-electron chi connectivity index (χ2n) is 4.46. The zero-order valence-electron chi connectivity index (χ0n) is 12.6. The number of amides is 1. The van der Waals surface area contributed by atoms with Gasteiger partial charge in [0.15, 0.2) is 0 Å². The van der Waals surface area contributed by atoms with Crippen LogP contribution in [0.3, 0.4) is 0 Å². The summed E-state index contributed by atoms with van der Waals surface area (Å²) >= 11 is 6.05. The van der Waals surface area contributed by atoms with Crippen molar-refractivity contribution in [3.63, 3.8) is 0 Å². The summed E-state index contributed by atoms with van der Waals surface area (Å²) in [4.78, 5) is 12.4. The van der Waals surface area contributed by atoms with E-state index >= 15 is 0 Å². The molecule has 2 aromatic rings. The normalized spacial score (nSPS) is 10.1. The number of benzene rings is 2. The Labute approximate surface area is 135 Å². The zero-order valence-corrected chi connectivity index (χ0v) is 13.3. The Hall–Kier alpha value is -2.20. The molecule has 0 aliphatic carbocycles. The molecule has 0 fully saturated rings. The van der Waals surface area contributed by atoms with Crippen molar-refractivity contribution in [3.05, 3.63) is 53.1 Å². The van der Waals surface area contributed by atoms with Crippen molar-refractivity contribution in [2.24, 2.45) is 0 Å². The monoisotopic (exact) mass is 319 g/mol. The molecule has 0 atom stereocenters. The highest BCUT2D eigenvalue weighted by molar-refractivity contribution is 6.34. The third kappa shape index (κ3) is 3.92. The van der Waals surface area contributed by atoms with Gasteiger partial charge in [-0.3, -0.25) is 4.79 Å². The van der Waals surface area contributed by atoms with Crippen LogP contribution in [0.2, 0.25) is 5.02 Å². The molecular formula is C17H18ClNO3. The molecule has 22 heavy (non-hydrogen) atoms. The topological polar surface area (TPSA) is 47.6 Å². The van der Waals surface area contributed by atoms with Gasteiger partial charge >= 0.3 is 0 Å². The summed E-state index contributed by atoms with van der Waals surface area (Å²) in [5.74, 6) is 0.965. The molecule has 116 valence electrons. The molecule has 0 heterocycles. The van der Waals surface area contributed by atoms with Gasteiger partial charge in [0.25, 0.3) is 5.91 Å². The molecule has 0 aliphatic rings. The molecule has 4 nitrogen and oxygen atoms in total. The second-order valence-corrected chi connectivity index (χ2v) is 4.87. The molecule has 0 aliphatic heterocycles. The van der Waals surface area contributed by atoms with Crippen LogP contribution in [-0.2, 0) is 0 Å². The molecule has 0 spiro atoms. The summed E-state index contributed by atoms with van der Waals surface area (Å²) in [5, 5.41) is 3.22. The van der Waals surface area contributed by atoms with Gasteiger partial charge in [0.2, 0.25) is 0 Å². The third-order valence-electron chi connectivity index (χ3n) is 2.93. The minimum atomic E-state index is -0.291. The Morgan fingerprint density at radius 2 is 1.82 bits per heavy atom. The largest absolute Gasteiger partial charge is 0.494 e. The van der Waals surface area contributed by atoms with Crippen LogP contribution >= 0.6 is 11.6 Å². The van der Waals surface area contributed by atoms with Gasteiger partial charge in [-0.15, -0.1) is 0 Å². The van der Waals surface area contributed by atoms with E-state index in [0.29, 0.717) is 41.0 Å². The molecule has 5 heteroatoms. The molecule has 2 rings (SSSR count). The maximum Gasteiger partial charge on any atom is 0.257 e. The van der Waals surface area contributed by atoms with E-state index in [1.165, 1.54) is 0 Å². The van der Waals surface area contributed by atoms with Gasteiger partial charge in [0.05, 0.1) is 29.5 Å². The second kappa shape index (κ2) is 7.71. The molecule has 0 saturated carbocycles. The van der Waals surface area contributed by atoms with Crippen LogP contribution in [-0.4, -0.2) is 19.1 Å². The lowest BCUT2D eigenvalue weighted by Crippen LogP contribution is -2.13. The first-order valence-electron chi connectivity index (χ1n) is 7.11. The van der Waals surface area contributed by atoms with Gasteiger partial charge in [0.1, 0.15) is 11.5 Å². The van der Waals surface area contributed by atoms with Crippen molar-refractivity contribution in [1.82, 2.24) is 0 Å². The lowest BCUT2D eigenvalue weighted by molar-refractivity contribution is 0.102. The first kappa shape index (κ1) is 16.2. The van der Waals surface area contributed by atoms with Gasteiger partial charge in [-0.1, -0.05) is 23.7 Å². The molecule has 0 unspecified atom stereocenters. The van der Waals surface area contributed by atoms with Gasteiger partial charge in [-0.2, -0.15) is 0 Å². The highest BCUT2D eigenvalue weighted by atomic mass is 35.5. The fourth-order valence-corrected chi connectivity index (χ4v) is 2.20. The Morgan fingerprint density at radius 3 is 2.50 bits per heavy atom. The minimum absolute atomic E-state index is 0.291. The van der Waals surface area contributed by atoms with Gasteiger partial charge in [-0.25, -0.2) is 0 Å². The minimum Gasteiger partial charge on any atom is -0.494 e. The summed E-state index contributed by atoms with van der Waals surface area (Å²) in [5.41, 5.74) is 0.964. The maximum atomic E-state index is 12.4. The molecular weight excluding hydrogens is 302 g/mol. The van der Waals surface area contributed by atoms with Crippen molar-refractivity contribution in [3.8, 4) is 11.5 Å². The van der Waals surface area contributed by atoms with Crippen LogP contribution in [0.5, 0.6) is 11.5 Å². The van der Waals surface area contributed by atoms with E-state index in [2.05, 4.69) is 5.32 Å². The summed E-state index contributed by atoms with van der Waals surface area (Å²) in [6, 6.07) is 12.2. The summed E-state index contributed by atoms with van der Waals surface area (Å²) in [7, 11) is 0. The first-order chi connectivity index (χ1) is 10.7. The van der Waals surface area contributed by atoms with Crippen molar-refractivity contribution in [2.75, 3.05) is 18.5 Å². The number of carbonyl (C=O) groups excluding carboxylic acids is 1. The molecule has 0 saturated heterocycles. The number of nitrogens with one attached hydrogen (secondary N) is 1. The van der Waals surface area contributed by atoms with Crippen LogP contribution in [0, 0.1) is 0 Å². The smallest absolute Gasteiger partial charge is 0.257 e. The highest BCUT2D eigenvalue weighted by Crippen LogP contribution is 2.30. The number of rotatable bonds is 6. The Kier molecular flexibility index (Phi) is 5.67. The van der Waals surface area contributed by atoms with E-state index in [1.807, 2.05) is 13.8 Å². The number of carbonyl (C=O) groups is 1. The SMILES string of the molecule is CCOc1ccc(OCC)c(NC(=O)c2ccccc2Cl)c1. The number of hydrogen-bond donors (Lipinski definition) is 1. The summed E-state index contributed by atoms with van der Waals surface area (Å²) < 4.78 is 11.0. The standard InChI is InChI=1S/C17H18ClNO3/c1-3-21-12-9-10-16(22-4-2)15(11-12)19-17(20)13-7-5-6-8-14(13)18/h5-11H,3-4H2,1-2H3,(H,19,20). The fourth-order valence-electron chi connectivity index (χ4n) is 1.98. The van der Waals surface area contributed by atoms with E-state index < -0.39 is 0 Å². The van der Waals surface area contributed by atoms with Crippen LogP contribution in [0.25, 0.3) is 0 Å². The average molecular weight is 320 g/mol. The van der Waals surface area contributed by atoms with Crippen molar-refractivity contribution in [1.29, 1.82) is 0 Å². The van der Waals surface area contributed by atoms with Crippen LogP contribution < -0.4 is 14.8 Å². The molecule has 1 amide bonds. The number of ether oxygens (including phenoxy) is 2. The quantitative estimate of drug-likeness (QED) is 0.859. The van der Waals surface area contributed by atoms with Crippen molar-refractivity contribution >= 4 is 23.2 Å². The summed E-state index contributed by atoms with van der Waals surface area (Å²) in [6.45, 7) is 4.84. The average Bonchev–Trinajstić information content (AvgIpc) is 2.50. The summed E-state index contributed by atoms with van der Waals surface area (Å²) in [6.07, 6.45) is 0. The molecule has 2 aromatic carbocycles. The highest BCUT2D eigenvalue weighted by Gasteiger charge is 2.13. The molecule has 0 bridgehead atoms. The Balaban J connectivity index is 2.28. The van der Waals surface area contributed by atoms with E-state index in [9.17, 15) is 4.79 Å². The van der Waals surface area contributed by atoms with Gasteiger partial charge in [-0.05, 0) is 38.1 Å². The van der Waals surface area contributed by atoms with Crippen molar-refractivity contribution < 1.29 is 14.3 Å². The van der Waals surface area contributed by atoms with E-state index in [4.69, 9.17) is 21.1 Å². The maximum absolute atomic E-state index is 12.4. The van der Waals surface area contributed by atoms with Gasteiger partial charge < -0.3 is 14.8 Å². The number of hydrogen-bond acceptors (Lipinski definition) is 3. The molecule has 0 aromatic heterocycles. The number of halogens is 1. The van der Waals surface area contributed by atoms with Crippen molar-refractivity contribution in [2.45, 2.75) is 13.8 Å². The van der Waals surface area contributed by atoms with Crippen LogP contribution in [0.15, 0.2) is 42.5 Å². The number of anilines is 1. The molecule has 0 radical (unpaired) electrons. The zero-order chi connectivity index (χ0) is 15.9. The first-order valence-corrected chi connectivity index (χ1v) is 7.49. The van der Waals surface area contributed by atoms with E-state index in [0.717, 1.165) is 0 Å². The van der Waals surface area contributed by atoms with Crippen LogP contribution in [0.4, 0.5) is 5.69 Å². The predicted molar refractivity (Wildman–Crippen MR) is 88.2 cm³/mol. The van der Waals surface area contributed by atoms with Crippen LogP contribution in [0.1, 0.15) is 24.2 Å². The van der Waals surface area contributed by atoms with Gasteiger partial charge in [0, 0.05) is 6.07 Å². The van der Waals surface area contributed by atoms with E-state index in [1.54, 1.807) is 42.5 Å². The Bertz CT molecular complexity index is 658. The predicted octanol–water partition coefficient (Wildman–Crippen LogP) is 4.39. The fraction of sp³-hybridized carbons (Fsp3) is 0.235. The molecule has 1 N–H and O–H groups in total. The Morgan fingerprint density at radius 1 is 1.09 bits per heavy atom. The third-order valence-corrected chi connectivity index (χ3v) is 3.26. The lowest BCUT2D eigenvalue weighted by Gasteiger charge is -2.14. The van der Waals surface area contributed by atoms with E-state index in [-0.39, 0.29) is 5.91 Å².